The number of carbonyl (C=O) groups excluding carboxylic acids is 1. The SMILES string of the molecule is Cc1nc2cc(=O)[nH]n2c(C)c1CC(=O)Nc1ccc(Cl)cn1. The molecule has 0 radical (unpaired) electrons. The van der Waals surface area contributed by atoms with E-state index in [1.54, 1.807) is 16.6 Å². The summed E-state index contributed by atoms with van der Waals surface area (Å²) in [6.07, 6.45) is 1.59. The maximum absolute atomic E-state index is 12.2. The molecule has 118 valence electrons. The molecular formula is C15H14ClN5O2. The monoisotopic (exact) mass is 331 g/mol. The summed E-state index contributed by atoms with van der Waals surface area (Å²) in [6.45, 7) is 3.65. The van der Waals surface area contributed by atoms with Gasteiger partial charge in [0.2, 0.25) is 5.91 Å². The average molecular weight is 332 g/mol. The Hall–Kier alpha value is -2.67. The Kier molecular flexibility index (Phi) is 3.87. The molecule has 0 aliphatic rings. The lowest BCUT2D eigenvalue weighted by Gasteiger charge is -2.11. The number of pyridine rings is 1. The smallest absolute Gasteiger partial charge is 0.266 e. The van der Waals surface area contributed by atoms with E-state index in [2.05, 4.69) is 20.4 Å². The fourth-order valence-corrected chi connectivity index (χ4v) is 2.52. The van der Waals surface area contributed by atoms with E-state index >= 15 is 0 Å². The maximum atomic E-state index is 12.2. The van der Waals surface area contributed by atoms with Crippen molar-refractivity contribution in [1.82, 2.24) is 19.6 Å². The van der Waals surface area contributed by atoms with E-state index in [1.165, 1.54) is 12.3 Å². The van der Waals surface area contributed by atoms with E-state index in [-0.39, 0.29) is 17.9 Å². The Morgan fingerprint density at radius 2 is 2.17 bits per heavy atom. The summed E-state index contributed by atoms with van der Waals surface area (Å²) < 4.78 is 1.58. The molecule has 0 aromatic carbocycles. The Bertz CT molecular complexity index is 943. The van der Waals surface area contributed by atoms with E-state index in [9.17, 15) is 9.59 Å². The summed E-state index contributed by atoms with van der Waals surface area (Å²) >= 11 is 5.76. The molecule has 0 atom stereocenters. The predicted molar refractivity (Wildman–Crippen MR) is 86.9 cm³/mol. The molecule has 3 aromatic rings. The fraction of sp³-hybridized carbons (Fsp3) is 0.200. The number of carbonyl (C=O) groups is 1. The highest BCUT2D eigenvalue weighted by Crippen LogP contribution is 2.15. The first-order valence-corrected chi connectivity index (χ1v) is 7.31. The summed E-state index contributed by atoms with van der Waals surface area (Å²) in [5.41, 5.74) is 2.55. The van der Waals surface area contributed by atoms with Gasteiger partial charge in [-0.15, -0.1) is 0 Å². The van der Waals surface area contributed by atoms with Gasteiger partial charge in [0.15, 0.2) is 5.65 Å². The van der Waals surface area contributed by atoms with Crippen molar-refractivity contribution in [3.63, 3.8) is 0 Å². The number of anilines is 1. The lowest BCUT2D eigenvalue weighted by Crippen LogP contribution is -2.18. The summed E-state index contributed by atoms with van der Waals surface area (Å²) in [7, 11) is 0. The fourth-order valence-electron chi connectivity index (χ4n) is 2.41. The first kappa shape index (κ1) is 15.2. The second-order valence-electron chi connectivity index (χ2n) is 5.16. The zero-order chi connectivity index (χ0) is 16.6. The zero-order valence-electron chi connectivity index (χ0n) is 12.6. The summed E-state index contributed by atoms with van der Waals surface area (Å²) in [6, 6.07) is 4.70. The number of rotatable bonds is 3. The zero-order valence-corrected chi connectivity index (χ0v) is 13.3. The van der Waals surface area contributed by atoms with Crippen LogP contribution in [0.15, 0.2) is 29.2 Å². The van der Waals surface area contributed by atoms with Crippen LogP contribution in [0.3, 0.4) is 0 Å². The molecule has 1 amide bonds. The van der Waals surface area contributed by atoms with Gasteiger partial charge in [0.1, 0.15) is 5.82 Å². The lowest BCUT2D eigenvalue weighted by atomic mass is 10.1. The molecule has 0 bridgehead atoms. The van der Waals surface area contributed by atoms with Gasteiger partial charge < -0.3 is 5.32 Å². The quantitative estimate of drug-likeness (QED) is 0.766. The van der Waals surface area contributed by atoms with Crippen molar-refractivity contribution in [2.24, 2.45) is 0 Å². The summed E-state index contributed by atoms with van der Waals surface area (Å²) in [5.74, 6) is 0.208. The van der Waals surface area contributed by atoms with E-state index in [0.29, 0.717) is 22.2 Å². The molecule has 3 heterocycles. The number of nitrogens with one attached hydrogen (secondary N) is 2. The van der Waals surface area contributed by atoms with Gasteiger partial charge >= 0.3 is 0 Å². The summed E-state index contributed by atoms with van der Waals surface area (Å²) in [4.78, 5) is 32.0. The minimum absolute atomic E-state index is 0.130. The molecule has 0 aliphatic heterocycles. The molecule has 23 heavy (non-hydrogen) atoms. The highest BCUT2D eigenvalue weighted by Gasteiger charge is 2.14. The minimum atomic E-state index is -0.230. The number of nitrogens with zero attached hydrogens (tertiary/aromatic N) is 3. The Labute approximate surface area is 136 Å². The third-order valence-corrected chi connectivity index (χ3v) is 3.76. The Morgan fingerprint density at radius 3 is 2.87 bits per heavy atom. The van der Waals surface area contributed by atoms with Gasteiger partial charge in [0, 0.05) is 29.2 Å². The van der Waals surface area contributed by atoms with Crippen LogP contribution in [0.2, 0.25) is 5.02 Å². The molecule has 7 nitrogen and oxygen atoms in total. The molecule has 3 rings (SSSR count). The lowest BCUT2D eigenvalue weighted by molar-refractivity contribution is -0.115. The molecule has 0 fully saturated rings. The number of fused-ring (bicyclic) bond motifs is 1. The molecule has 0 saturated carbocycles. The molecule has 8 heteroatoms. The Balaban J connectivity index is 1.87. The molecule has 3 aromatic heterocycles. The van der Waals surface area contributed by atoms with Gasteiger partial charge in [-0.1, -0.05) is 11.6 Å². The maximum Gasteiger partial charge on any atom is 0.266 e. The third-order valence-electron chi connectivity index (χ3n) is 3.53. The number of aryl methyl sites for hydroxylation is 2. The van der Waals surface area contributed by atoms with Crippen LogP contribution in [0.4, 0.5) is 5.82 Å². The molecule has 0 unspecified atom stereocenters. The average Bonchev–Trinajstić information content (AvgIpc) is 2.86. The summed E-state index contributed by atoms with van der Waals surface area (Å²) in [5, 5.41) is 5.87. The van der Waals surface area contributed by atoms with Crippen LogP contribution in [-0.2, 0) is 11.2 Å². The second kappa shape index (κ2) is 5.85. The Morgan fingerprint density at radius 1 is 1.39 bits per heavy atom. The number of aromatic nitrogens is 4. The van der Waals surface area contributed by atoms with Crippen molar-refractivity contribution >= 4 is 29.0 Å². The highest BCUT2D eigenvalue weighted by molar-refractivity contribution is 6.30. The standard InChI is InChI=1S/C15H14ClN5O2/c1-8-11(9(2)21-13(18-8)6-15(23)20-21)5-14(22)19-12-4-3-10(16)7-17-12/h3-4,6-7H,5H2,1-2H3,(H,20,23)(H,17,19,22). The highest BCUT2D eigenvalue weighted by atomic mass is 35.5. The number of amides is 1. The van der Waals surface area contributed by atoms with Crippen molar-refractivity contribution in [1.29, 1.82) is 0 Å². The molecule has 2 N–H and O–H groups in total. The van der Waals surface area contributed by atoms with E-state index in [1.807, 2.05) is 13.8 Å². The van der Waals surface area contributed by atoms with Crippen LogP contribution in [-0.4, -0.2) is 25.5 Å². The topological polar surface area (TPSA) is 92.1 Å². The molecule has 0 saturated heterocycles. The largest absolute Gasteiger partial charge is 0.310 e. The van der Waals surface area contributed by atoms with Crippen molar-refractivity contribution in [2.45, 2.75) is 20.3 Å². The van der Waals surface area contributed by atoms with Crippen LogP contribution in [0.1, 0.15) is 17.0 Å². The van der Waals surface area contributed by atoms with Crippen LogP contribution in [0.5, 0.6) is 0 Å². The third kappa shape index (κ3) is 3.09. The van der Waals surface area contributed by atoms with Gasteiger partial charge in [-0.3, -0.25) is 14.7 Å². The number of hydrogen-bond donors (Lipinski definition) is 2. The van der Waals surface area contributed by atoms with E-state index in [0.717, 1.165) is 11.3 Å². The first-order chi connectivity index (χ1) is 10.9. The van der Waals surface area contributed by atoms with Crippen LogP contribution in [0.25, 0.3) is 5.65 Å². The number of hydrogen-bond acceptors (Lipinski definition) is 4. The van der Waals surface area contributed by atoms with Crippen molar-refractivity contribution in [3.05, 3.63) is 56.7 Å². The van der Waals surface area contributed by atoms with Gasteiger partial charge in [-0.05, 0) is 26.0 Å². The molecular weight excluding hydrogens is 318 g/mol. The first-order valence-electron chi connectivity index (χ1n) is 6.93. The number of aromatic amines is 1. The van der Waals surface area contributed by atoms with Gasteiger partial charge in [0.05, 0.1) is 11.4 Å². The van der Waals surface area contributed by atoms with Gasteiger partial charge in [0.25, 0.3) is 5.56 Å². The normalized spacial score (nSPS) is 10.9. The number of halogens is 1. The molecule has 0 aliphatic carbocycles. The minimum Gasteiger partial charge on any atom is -0.310 e. The van der Waals surface area contributed by atoms with E-state index in [4.69, 9.17) is 11.6 Å². The van der Waals surface area contributed by atoms with Gasteiger partial charge in [-0.25, -0.2) is 14.5 Å². The molecule has 0 spiro atoms. The second-order valence-corrected chi connectivity index (χ2v) is 5.60. The van der Waals surface area contributed by atoms with Crippen LogP contribution >= 0.6 is 11.6 Å². The van der Waals surface area contributed by atoms with Gasteiger partial charge in [-0.2, -0.15) is 0 Å². The van der Waals surface area contributed by atoms with Crippen LogP contribution < -0.4 is 10.9 Å². The van der Waals surface area contributed by atoms with E-state index < -0.39 is 0 Å². The number of H-pyrrole nitrogens is 1. The van der Waals surface area contributed by atoms with Crippen molar-refractivity contribution < 1.29 is 4.79 Å². The predicted octanol–water partition coefficient (Wildman–Crippen LogP) is 1.87. The van der Waals surface area contributed by atoms with Crippen LogP contribution in [0, 0.1) is 13.8 Å². The van der Waals surface area contributed by atoms with Crippen molar-refractivity contribution in [3.8, 4) is 0 Å². The van der Waals surface area contributed by atoms with Crippen molar-refractivity contribution in [2.75, 3.05) is 5.32 Å².